The van der Waals surface area contributed by atoms with E-state index in [4.69, 9.17) is 4.74 Å². The van der Waals surface area contributed by atoms with E-state index in [-0.39, 0.29) is 11.5 Å². The highest BCUT2D eigenvalue weighted by molar-refractivity contribution is 7.90. The normalized spacial score (nSPS) is 11.3. The van der Waals surface area contributed by atoms with Gasteiger partial charge in [-0.1, -0.05) is 12.1 Å². The van der Waals surface area contributed by atoms with Crippen LogP contribution in [0.4, 0.5) is 0 Å². The first-order valence-corrected chi connectivity index (χ1v) is 7.05. The molecule has 0 fully saturated rings. The monoisotopic (exact) mass is 271 g/mol. The van der Waals surface area contributed by atoms with Crippen LogP contribution in [0.15, 0.2) is 23.1 Å². The molecule has 0 aliphatic rings. The molecule has 0 saturated carbocycles. The van der Waals surface area contributed by atoms with E-state index in [9.17, 15) is 13.2 Å². The maximum atomic E-state index is 12.0. The number of amides is 1. The van der Waals surface area contributed by atoms with Gasteiger partial charge in [-0.2, -0.15) is 0 Å². The third-order valence-electron chi connectivity index (χ3n) is 2.32. The van der Waals surface area contributed by atoms with E-state index in [1.54, 1.807) is 26.8 Å². The summed E-state index contributed by atoms with van der Waals surface area (Å²) >= 11 is 0. The second-order valence-corrected chi connectivity index (χ2v) is 5.59. The molecule has 0 radical (unpaired) electrons. The van der Waals surface area contributed by atoms with Crippen molar-refractivity contribution >= 4 is 15.9 Å². The molecule has 0 saturated heterocycles. The number of carbonyl (C=O) groups excluding carboxylic acids is 1. The fraction of sp³-hybridized carbons (Fsp3) is 0.417. The number of nitrogens with one attached hydrogen (secondary N) is 1. The number of carbonyl (C=O) groups is 1. The molecule has 1 N–H and O–H groups in total. The summed E-state index contributed by atoms with van der Waals surface area (Å²) in [5.41, 5.74) is 1.41. The SMILES string of the molecule is CCOCC(=O)NS(=O)(=O)c1cc(C)ccc1C. The van der Waals surface area contributed by atoms with Crippen LogP contribution < -0.4 is 4.72 Å². The Balaban J connectivity index is 2.93. The number of ether oxygens (including phenoxy) is 1. The van der Waals surface area contributed by atoms with Crippen molar-refractivity contribution in [3.63, 3.8) is 0 Å². The lowest BCUT2D eigenvalue weighted by Gasteiger charge is -2.10. The first kappa shape index (κ1) is 14.7. The molecule has 0 atom stereocenters. The highest BCUT2D eigenvalue weighted by atomic mass is 32.2. The van der Waals surface area contributed by atoms with Crippen molar-refractivity contribution in [3.8, 4) is 0 Å². The van der Waals surface area contributed by atoms with Crippen LogP contribution in [0.25, 0.3) is 0 Å². The summed E-state index contributed by atoms with van der Waals surface area (Å²) < 4.78 is 30.8. The molecule has 0 aromatic heterocycles. The van der Waals surface area contributed by atoms with Gasteiger partial charge in [0, 0.05) is 6.61 Å². The van der Waals surface area contributed by atoms with Gasteiger partial charge in [0.25, 0.3) is 15.9 Å². The fourth-order valence-corrected chi connectivity index (χ4v) is 2.73. The lowest BCUT2D eigenvalue weighted by molar-refractivity contribution is -0.123. The van der Waals surface area contributed by atoms with Gasteiger partial charge in [-0.05, 0) is 38.0 Å². The molecule has 1 aromatic rings. The van der Waals surface area contributed by atoms with Crippen LogP contribution >= 0.6 is 0 Å². The number of aryl methyl sites for hydroxylation is 2. The van der Waals surface area contributed by atoms with Gasteiger partial charge in [0.1, 0.15) is 6.61 Å². The van der Waals surface area contributed by atoms with Crippen molar-refractivity contribution in [2.45, 2.75) is 25.7 Å². The Morgan fingerprint density at radius 2 is 2.00 bits per heavy atom. The highest BCUT2D eigenvalue weighted by Gasteiger charge is 2.19. The van der Waals surface area contributed by atoms with Crippen LogP contribution in [0.3, 0.4) is 0 Å². The number of rotatable bonds is 5. The minimum atomic E-state index is -3.82. The summed E-state index contributed by atoms with van der Waals surface area (Å²) in [6.45, 7) is 5.30. The second-order valence-electron chi connectivity index (χ2n) is 3.93. The first-order chi connectivity index (χ1) is 8.36. The zero-order chi connectivity index (χ0) is 13.8. The number of hydrogen-bond donors (Lipinski definition) is 1. The molecular formula is C12H17NO4S. The lowest BCUT2D eigenvalue weighted by Crippen LogP contribution is -2.33. The Morgan fingerprint density at radius 1 is 1.33 bits per heavy atom. The van der Waals surface area contributed by atoms with Gasteiger partial charge in [-0.3, -0.25) is 4.79 Å². The lowest BCUT2D eigenvalue weighted by atomic mass is 10.2. The molecule has 0 aliphatic heterocycles. The maximum absolute atomic E-state index is 12.0. The topological polar surface area (TPSA) is 72.5 Å². The zero-order valence-corrected chi connectivity index (χ0v) is 11.5. The molecule has 1 aromatic carbocycles. The standard InChI is InChI=1S/C12H17NO4S/c1-4-17-8-12(14)13-18(15,16)11-7-9(2)5-6-10(11)3/h5-7H,4,8H2,1-3H3,(H,13,14). The summed E-state index contributed by atoms with van der Waals surface area (Å²) in [7, 11) is -3.82. The van der Waals surface area contributed by atoms with Gasteiger partial charge in [0.05, 0.1) is 4.90 Å². The average molecular weight is 271 g/mol. The van der Waals surface area contributed by atoms with Gasteiger partial charge in [0.15, 0.2) is 0 Å². The van der Waals surface area contributed by atoms with E-state index in [2.05, 4.69) is 0 Å². The zero-order valence-electron chi connectivity index (χ0n) is 10.7. The summed E-state index contributed by atoms with van der Waals surface area (Å²) in [6, 6.07) is 5.05. The van der Waals surface area contributed by atoms with Crippen LogP contribution in [0.2, 0.25) is 0 Å². The average Bonchev–Trinajstić information content (AvgIpc) is 2.29. The maximum Gasteiger partial charge on any atom is 0.264 e. The van der Waals surface area contributed by atoms with Crippen LogP contribution in [-0.4, -0.2) is 27.5 Å². The molecule has 0 spiro atoms. The fourth-order valence-electron chi connectivity index (χ4n) is 1.43. The van der Waals surface area contributed by atoms with Crippen molar-refractivity contribution in [3.05, 3.63) is 29.3 Å². The van der Waals surface area contributed by atoms with E-state index in [1.807, 2.05) is 10.8 Å². The van der Waals surface area contributed by atoms with E-state index in [0.717, 1.165) is 5.56 Å². The first-order valence-electron chi connectivity index (χ1n) is 5.57. The Hall–Kier alpha value is -1.40. The number of sulfonamides is 1. The number of benzene rings is 1. The van der Waals surface area contributed by atoms with Crippen LogP contribution in [0.5, 0.6) is 0 Å². The van der Waals surface area contributed by atoms with Gasteiger partial charge in [-0.15, -0.1) is 0 Å². The third kappa shape index (κ3) is 3.82. The van der Waals surface area contributed by atoms with Gasteiger partial charge in [-0.25, -0.2) is 13.1 Å². The van der Waals surface area contributed by atoms with Crippen molar-refractivity contribution < 1.29 is 17.9 Å². The van der Waals surface area contributed by atoms with E-state index < -0.39 is 15.9 Å². The van der Waals surface area contributed by atoms with Crippen LogP contribution in [-0.2, 0) is 19.6 Å². The van der Waals surface area contributed by atoms with Crippen molar-refractivity contribution in [2.24, 2.45) is 0 Å². The highest BCUT2D eigenvalue weighted by Crippen LogP contribution is 2.16. The molecule has 6 heteroatoms. The van der Waals surface area contributed by atoms with E-state index in [1.165, 1.54) is 6.07 Å². The Labute approximate surface area is 107 Å². The van der Waals surface area contributed by atoms with Crippen molar-refractivity contribution in [2.75, 3.05) is 13.2 Å². The Bertz CT molecular complexity index is 537. The molecule has 0 aliphatic carbocycles. The third-order valence-corrected chi connectivity index (χ3v) is 3.83. The Morgan fingerprint density at radius 3 is 2.61 bits per heavy atom. The minimum absolute atomic E-state index is 0.118. The van der Waals surface area contributed by atoms with E-state index >= 15 is 0 Å². The predicted octanol–water partition coefficient (Wildman–Crippen LogP) is 1.14. The molecule has 18 heavy (non-hydrogen) atoms. The Kier molecular flexibility index (Phi) is 4.86. The summed E-state index contributed by atoms with van der Waals surface area (Å²) in [6.07, 6.45) is 0. The molecule has 1 rings (SSSR count). The molecule has 1 amide bonds. The van der Waals surface area contributed by atoms with Gasteiger partial charge < -0.3 is 4.74 Å². The van der Waals surface area contributed by atoms with Crippen molar-refractivity contribution in [1.29, 1.82) is 0 Å². The van der Waals surface area contributed by atoms with Gasteiger partial charge >= 0.3 is 0 Å². The molecule has 0 unspecified atom stereocenters. The molecule has 100 valence electrons. The number of hydrogen-bond acceptors (Lipinski definition) is 4. The van der Waals surface area contributed by atoms with Crippen LogP contribution in [0.1, 0.15) is 18.1 Å². The molecule has 5 nitrogen and oxygen atoms in total. The smallest absolute Gasteiger partial charge is 0.264 e. The largest absolute Gasteiger partial charge is 0.372 e. The minimum Gasteiger partial charge on any atom is -0.372 e. The van der Waals surface area contributed by atoms with E-state index in [0.29, 0.717) is 12.2 Å². The predicted molar refractivity (Wildman–Crippen MR) is 67.7 cm³/mol. The summed E-state index contributed by atoms with van der Waals surface area (Å²) in [5.74, 6) is -0.669. The molecular weight excluding hydrogens is 254 g/mol. The summed E-state index contributed by atoms with van der Waals surface area (Å²) in [4.78, 5) is 11.5. The second kappa shape index (κ2) is 5.97. The quantitative estimate of drug-likeness (QED) is 0.871. The summed E-state index contributed by atoms with van der Waals surface area (Å²) in [5, 5.41) is 0. The van der Waals surface area contributed by atoms with Crippen molar-refractivity contribution in [1.82, 2.24) is 4.72 Å². The van der Waals surface area contributed by atoms with Gasteiger partial charge in [0.2, 0.25) is 0 Å². The molecule has 0 bridgehead atoms. The van der Waals surface area contributed by atoms with Crippen LogP contribution in [0, 0.1) is 13.8 Å². The molecule has 0 heterocycles.